The van der Waals surface area contributed by atoms with Crippen molar-refractivity contribution in [2.45, 2.75) is 18.3 Å². The van der Waals surface area contributed by atoms with Crippen LogP contribution in [-0.2, 0) is 15.0 Å². The van der Waals surface area contributed by atoms with Gasteiger partial charge in [0.1, 0.15) is 0 Å². The highest BCUT2D eigenvalue weighted by Gasteiger charge is 2.45. The first-order chi connectivity index (χ1) is 9.53. The number of benzene rings is 1. The van der Waals surface area contributed by atoms with Gasteiger partial charge in [-0.05, 0) is 18.4 Å². The van der Waals surface area contributed by atoms with Gasteiger partial charge >= 0.3 is 5.97 Å². The summed E-state index contributed by atoms with van der Waals surface area (Å²) in [7, 11) is 1.80. The lowest BCUT2D eigenvalue weighted by Crippen LogP contribution is -2.35. The summed E-state index contributed by atoms with van der Waals surface area (Å²) in [4.78, 5) is 24.1. The van der Waals surface area contributed by atoms with Crippen LogP contribution < -0.4 is 0 Å². The number of hydrogen-bond acceptors (Lipinski definition) is 3. The lowest BCUT2D eigenvalue weighted by molar-refractivity contribution is -0.133. The SMILES string of the molecule is CN(CC1(c2ccccc2)CC1)C(=O)CSCC(=O)O. The normalized spacial score (nSPS) is 15.7. The van der Waals surface area contributed by atoms with E-state index in [9.17, 15) is 9.59 Å². The summed E-state index contributed by atoms with van der Waals surface area (Å²) in [6.07, 6.45) is 2.22. The Labute approximate surface area is 123 Å². The summed E-state index contributed by atoms with van der Waals surface area (Å²) >= 11 is 1.15. The van der Waals surface area contributed by atoms with Crippen molar-refractivity contribution in [3.05, 3.63) is 35.9 Å². The number of amides is 1. The quantitative estimate of drug-likeness (QED) is 0.835. The Morgan fingerprint density at radius 1 is 1.25 bits per heavy atom. The van der Waals surface area contributed by atoms with E-state index in [2.05, 4.69) is 12.1 Å². The molecule has 5 heteroatoms. The van der Waals surface area contributed by atoms with Crippen LogP contribution in [0.3, 0.4) is 0 Å². The van der Waals surface area contributed by atoms with Crippen molar-refractivity contribution >= 4 is 23.6 Å². The molecule has 108 valence electrons. The standard InChI is InChI=1S/C15H19NO3S/c1-16(13(17)9-20-10-14(18)19)11-15(7-8-15)12-5-3-2-4-6-12/h2-6H,7-11H2,1H3,(H,18,19). The van der Waals surface area contributed by atoms with Gasteiger partial charge in [0.25, 0.3) is 0 Å². The highest BCUT2D eigenvalue weighted by Crippen LogP contribution is 2.48. The first-order valence-corrected chi connectivity index (χ1v) is 7.78. The van der Waals surface area contributed by atoms with Crippen molar-refractivity contribution in [3.63, 3.8) is 0 Å². The fourth-order valence-corrected chi connectivity index (χ4v) is 3.03. The number of likely N-dealkylation sites (N-methyl/N-ethyl adjacent to an activating group) is 1. The monoisotopic (exact) mass is 293 g/mol. The molecule has 0 spiro atoms. The van der Waals surface area contributed by atoms with Gasteiger partial charge < -0.3 is 10.0 Å². The summed E-state index contributed by atoms with van der Waals surface area (Å²) in [6.45, 7) is 0.712. The zero-order valence-electron chi connectivity index (χ0n) is 11.5. The Bertz CT molecular complexity index is 485. The Balaban J connectivity index is 1.86. The maximum Gasteiger partial charge on any atom is 0.313 e. The van der Waals surface area contributed by atoms with Crippen molar-refractivity contribution in [2.75, 3.05) is 25.1 Å². The van der Waals surface area contributed by atoms with Crippen LogP contribution in [0.1, 0.15) is 18.4 Å². The number of rotatable bonds is 7. The number of hydrogen-bond donors (Lipinski definition) is 1. The average Bonchev–Trinajstić information content (AvgIpc) is 3.20. The van der Waals surface area contributed by atoms with Gasteiger partial charge in [-0.15, -0.1) is 11.8 Å². The average molecular weight is 293 g/mol. The molecular formula is C15H19NO3S. The van der Waals surface area contributed by atoms with Crippen LogP contribution in [-0.4, -0.2) is 47.0 Å². The number of carbonyl (C=O) groups excluding carboxylic acids is 1. The largest absolute Gasteiger partial charge is 0.481 e. The summed E-state index contributed by atoms with van der Waals surface area (Å²) in [5, 5.41) is 8.56. The molecular weight excluding hydrogens is 274 g/mol. The predicted octanol–water partition coefficient (Wildman–Crippen LogP) is 1.99. The van der Waals surface area contributed by atoms with Crippen LogP contribution in [0.2, 0.25) is 0 Å². The summed E-state index contributed by atoms with van der Waals surface area (Å²) < 4.78 is 0. The molecule has 2 rings (SSSR count). The number of carboxylic acids is 1. The van der Waals surface area contributed by atoms with Crippen LogP contribution in [0, 0.1) is 0 Å². The molecule has 1 N–H and O–H groups in total. The van der Waals surface area contributed by atoms with E-state index >= 15 is 0 Å². The number of aliphatic carboxylic acids is 1. The van der Waals surface area contributed by atoms with Crippen molar-refractivity contribution < 1.29 is 14.7 Å². The van der Waals surface area contributed by atoms with E-state index in [1.165, 1.54) is 5.56 Å². The second-order valence-corrected chi connectivity index (χ2v) is 6.27. The second-order valence-electron chi connectivity index (χ2n) is 5.28. The fourth-order valence-electron chi connectivity index (χ4n) is 2.36. The van der Waals surface area contributed by atoms with Gasteiger partial charge in [-0.1, -0.05) is 30.3 Å². The molecule has 1 aliphatic carbocycles. The van der Waals surface area contributed by atoms with E-state index in [0.29, 0.717) is 6.54 Å². The summed E-state index contributed by atoms with van der Waals surface area (Å²) in [5.41, 5.74) is 1.40. The van der Waals surface area contributed by atoms with Crippen LogP contribution in [0.15, 0.2) is 30.3 Å². The Kier molecular flexibility index (Phi) is 4.70. The molecule has 1 aliphatic rings. The maximum atomic E-state index is 12.0. The molecule has 0 heterocycles. The van der Waals surface area contributed by atoms with Crippen molar-refractivity contribution in [2.24, 2.45) is 0 Å². The highest BCUT2D eigenvalue weighted by molar-refractivity contribution is 8.00. The van der Waals surface area contributed by atoms with Crippen LogP contribution in [0.5, 0.6) is 0 Å². The van der Waals surface area contributed by atoms with Crippen LogP contribution in [0.4, 0.5) is 0 Å². The van der Waals surface area contributed by atoms with Gasteiger partial charge in [0.15, 0.2) is 0 Å². The van der Waals surface area contributed by atoms with Gasteiger partial charge in [-0.3, -0.25) is 9.59 Å². The molecule has 0 bridgehead atoms. The molecule has 1 aromatic carbocycles. The molecule has 0 unspecified atom stereocenters. The Morgan fingerprint density at radius 3 is 2.45 bits per heavy atom. The molecule has 1 fully saturated rings. The van der Waals surface area contributed by atoms with E-state index in [-0.39, 0.29) is 22.8 Å². The molecule has 20 heavy (non-hydrogen) atoms. The number of thioether (sulfide) groups is 1. The Hall–Kier alpha value is -1.49. The first-order valence-electron chi connectivity index (χ1n) is 6.62. The third-order valence-electron chi connectivity index (χ3n) is 3.66. The molecule has 1 saturated carbocycles. The molecule has 4 nitrogen and oxygen atoms in total. The van der Waals surface area contributed by atoms with E-state index in [1.807, 2.05) is 18.2 Å². The van der Waals surface area contributed by atoms with Crippen molar-refractivity contribution in [1.82, 2.24) is 4.90 Å². The van der Waals surface area contributed by atoms with E-state index in [4.69, 9.17) is 5.11 Å². The van der Waals surface area contributed by atoms with Gasteiger partial charge in [-0.2, -0.15) is 0 Å². The minimum absolute atomic E-state index is 0.00143. The Morgan fingerprint density at radius 2 is 1.90 bits per heavy atom. The molecule has 0 radical (unpaired) electrons. The van der Waals surface area contributed by atoms with Crippen molar-refractivity contribution in [1.29, 1.82) is 0 Å². The molecule has 0 aliphatic heterocycles. The van der Waals surface area contributed by atoms with E-state index < -0.39 is 5.97 Å². The second kappa shape index (κ2) is 6.31. The summed E-state index contributed by atoms with van der Waals surface area (Å²) in [6, 6.07) is 10.3. The minimum Gasteiger partial charge on any atom is -0.481 e. The smallest absolute Gasteiger partial charge is 0.313 e. The van der Waals surface area contributed by atoms with E-state index in [0.717, 1.165) is 24.6 Å². The number of carboxylic acid groups (broad SMARTS) is 1. The molecule has 1 aromatic rings. The zero-order chi connectivity index (χ0) is 14.6. The topological polar surface area (TPSA) is 57.6 Å². The fraction of sp³-hybridized carbons (Fsp3) is 0.467. The minimum atomic E-state index is -0.881. The van der Waals surface area contributed by atoms with Gasteiger partial charge in [-0.25, -0.2) is 0 Å². The third kappa shape index (κ3) is 3.76. The molecule has 0 atom stereocenters. The van der Waals surface area contributed by atoms with E-state index in [1.54, 1.807) is 11.9 Å². The van der Waals surface area contributed by atoms with Crippen LogP contribution >= 0.6 is 11.8 Å². The van der Waals surface area contributed by atoms with Gasteiger partial charge in [0.05, 0.1) is 11.5 Å². The zero-order valence-corrected chi connectivity index (χ0v) is 12.4. The van der Waals surface area contributed by atoms with Gasteiger partial charge in [0, 0.05) is 19.0 Å². The lowest BCUT2D eigenvalue weighted by atomic mass is 9.95. The molecule has 1 amide bonds. The maximum absolute atomic E-state index is 12.0. The van der Waals surface area contributed by atoms with Gasteiger partial charge in [0.2, 0.25) is 5.91 Å². The van der Waals surface area contributed by atoms with Crippen molar-refractivity contribution in [3.8, 4) is 0 Å². The first kappa shape index (κ1) is 14.9. The lowest BCUT2D eigenvalue weighted by Gasteiger charge is -2.24. The number of carbonyl (C=O) groups is 2. The third-order valence-corrected chi connectivity index (χ3v) is 4.56. The predicted molar refractivity (Wildman–Crippen MR) is 80.0 cm³/mol. The highest BCUT2D eigenvalue weighted by atomic mass is 32.2. The molecule has 0 aromatic heterocycles. The number of nitrogens with zero attached hydrogens (tertiary/aromatic N) is 1. The molecule has 0 saturated heterocycles. The summed E-state index contributed by atoms with van der Waals surface area (Å²) in [5.74, 6) is -0.677. The van der Waals surface area contributed by atoms with Crippen LogP contribution in [0.25, 0.3) is 0 Å².